The summed E-state index contributed by atoms with van der Waals surface area (Å²) in [6, 6.07) is 1.36. The Labute approximate surface area is 133 Å². The van der Waals surface area contributed by atoms with Gasteiger partial charge in [0.2, 0.25) is 0 Å². The van der Waals surface area contributed by atoms with Crippen LogP contribution in [0.3, 0.4) is 0 Å². The molecule has 1 aromatic heterocycles. The second kappa shape index (κ2) is 7.63. The van der Waals surface area contributed by atoms with Crippen LogP contribution in [0.25, 0.3) is 0 Å². The molecule has 2 aliphatic rings. The van der Waals surface area contributed by atoms with Crippen LogP contribution in [-0.4, -0.2) is 59.2 Å². The van der Waals surface area contributed by atoms with Crippen LogP contribution in [0.5, 0.6) is 0 Å². The second-order valence-electron chi connectivity index (χ2n) is 6.36. The quantitative estimate of drug-likeness (QED) is 0.631. The lowest BCUT2D eigenvalue weighted by molar-refractivity contribution is 0.242. The Bertz CT molecular complexity index is 463. The van der Waals surface area contributed by atoms with E-state index in [0.717, 1.165) is 31.6 Å². The van der Waals surface area contributed by atoms with Crippen molar-refractivity contribution < 1.29 is 0 Å². The van der Waals surface area contributed by atoms with E-state index in [9.17, 15) is 0 Å². The van der Waals surface area contributed by atoms with E-state index in [1.807, 2.05) is 25.8 Å². The maximum Gasteiger partial charge on any atom is 0.191 e. The van der Waals surface area contributed by atoms with Crippen LogP contribution in [0.2, 0.25) is 0 Å². The summed E-state index contributed by atoms with van der Waals surface area (Å²) in [5.41, 5.74) is 0. The molecule has 0 bridgehead atoms. The highest BCUT2D eigenvalue weighted by molar-refractivity contribution is 5.79. The normalized spacial score (nSPS) is 24.0. The molecule has 3 rings (SSSR count). The molecule has 6 heteroatoms. The summed E-state index contributed by atoms with van der Waals surface area (Å²) in [5, 5.41) is 6.96. The minimum Gasteiger partial charge on any atom is -0.355 e. The molecule has 0 radical (unpaired) electrons. The molecule has 2 N–H and O–H groups in total. The van der Waals surface area contributed by atoms with Gasteiger partial charge in [0.15, 0.2) is 5.96 Å². The lowest BCUT2D eigenvalue weighted by atomic mass is 10.2. The molecule has 2 heterocycles. The number of aromatic nitrogens is 2. The molecule has 122 valence electrons. The Morgan fingerprint density at radius 2 is 2.18 bits per heavy atom. The molecular weight excluding hydrogens is 276 g/mol. The molecule has 0 aromatic carbocycles. The van der Waals surface area contributed by atoms with Gasteiger partial charge in [-0.05, 0) is 19.3 Å². The van der Waals surface area contributed by atoms with Gasteiger partial charge in [0.25, 0.3) is 0 Å². The van der Waals surface area contributed by atoms with E-state index < -0.39 is 0 Å². The molecule has 2 fully saturated rings. The molecular formula is C16H28N6. The van der Waals surface area contributed by atoms with Gasteiger partial charge >= 0.3 is 0 Å². The molecule has 1 unspecified atom stereocenters. The third-order valence-electron chi connectivity index (χ3n) is 4.85. The largest absolute Gasteiger partial charge is 0.355 e. The van der Waals surface area contributed by atoms with E-state index in [1.54, 1.807) is 0 Å². The number of rotatable bonds is 5. The summed E-state index contributed by atoms with van der Waals surface area (Å²) < 4.78 is 2.07. The van der Waals surface area contributed by atoms with Gasteiger partial charge in [-0.25, -0.2) is 4.98 Å². The summed E-state index contributed by atoms with van der Waals surface area (Å²) in [4.78, 5) is 11.1. The highest BCUT2D eigenvalue weighted by atomic mass is 15.3. The predicted molar refractivity (Wildman–Crippen MR) is 89.0 cm³/mol. The van der Waals surface area contributed by atoms with Crippen LogP contribution in [0.4, 0.5) is 0 Å². The van der Waals surface area contributed by atoms with E-state index in [4.69, 9.17) is 0 Å². The zero-order chi connectivity index (χ0) is 15.2. The first-order valence-electron chi connectivity index (χ1n) is 8.52. The van der Waals surface area contributed by atoms with Crippen molar-refractivity contribution >= 4 is 5.96 Å². The van der Waals surface area contributed by atoms with Crippen LogP contribution in [0.15, 0.2) is 23.7 Å². The number of guanidine groups is 1. The Morgan fingerprint density at radius 1 is 1.32 bits per heavy atom. The van der Waals surface area contributed by atoms with Crippen LogP contribution >= 0.6 is 0 Å². The van der Waals surface area contributed by atoms with E-state index >= 15 is 0 Å². The number of nitrogens with zero attached hydrogens (tertiary/aromatic N) is 4. The van der Waals surface area contributed by atoms with Crippen molar-refractivity contribution in [3.63, 3.8) is 0 Å². The summed E-state index contributed by atoms with van der Waals surface area (Å²) in [6.07, 6.45) is 12.5. The highest BCUT2D eigenvalue weighted by Gasteiger charge is 2.30. The van der Waals surface area contributed by atoms with Crippen LogP contribution in [0.1, 0.15) is 32.1 Å². The summed E-state index contributed by atoms with van der Waals surface area (Å²) in [5.74, 6) is 0.915. The van der Waals surface area contributed by atoms with Crippen molar-refractivity contribution in [2.45, 2.75) is 50.7 Å². The SMILES string of the molecule is CN=C(NCCn1ccnc1)NC1CCN(C2CCCC2)C1. The van der Waals surface area contributed by atoms with Gasteiger partial charge in [-0.1, -0.05) is 12.8 Å². The fourth-order valence-corrected chi connectivity index (χ4v) is 3.62. The Hall–Kier alpha value is -1.56. The van der Waals surface area contributed by atoms with Crippen molar-refractivity contribution in [3.05, 3.63) is 18.7 Å². The van der Waals surface area contributed by atoms with Crippen molar-refractivity contribution in [2.24, 2.45) is 4.99 Å². The van der Waals surface area contributed by atoms with Crippen molar-refractivity contribution in [3.8, 4) is 0 Å². The molecule has 0 spiro atoms. The van der Waals surface area contributed by atoms with Gasteiger partial charge in [-0.15, -0.1) is 0 Å². The average Bonchev–Trinajstić information content (AvgIpc) is 3.27. The molecule has 1 saturated carbocycles. The fraction of sp³-hybridized carbons (Fsp3) is 0.750. The monoisotopic (exact) mass is 304 g/mol. The summed E-state index contributed by atoms with van der Waals surface area (Å²) in [7, 11) is 1.84. The van der Waals surface area contributed by atoms with E-state index in [1.165, 1.54) is 38.6 Å². The van der Waals surface area contributed by atoms with Crippen molar-refractivity contribution in [2.75, 3.05) is 26.7 Å². The minimum atomic E-state index is 0.528. The zero-order valence-electron chi connectivity index (χ0n) is 13.5. The maximum absolute atomic E-state index is 4.34. The molecule has 0 amide bonds. The predicted octanol–water partition coefficient (Wildman–Crippen LogP) is 1.06. The smallest absolute Gasteiger partial charge is 0.191 e. The third kappa shape index (κ3) is 4.00. The molecule has 1 aliphatic heterocycles. The van der Waals surface area contributed by atoms with Gasteiger partial charge < -0.3 is 15.2 Å². The third-order valence-corrected chi connectivity index (χ3v) is 4.85. The van der Waals surface area contributed by atoms with Gasteiger partial charge in [-0.3, -0.25) is 9.89 Å². The molecule has 1 atom stereocenters. The number of aliphatic imine (C=N–C) groups is 1. The van der Waals surface area contributed by atoms with Crippen LogP contribution < -0.4 is 10.6 Å². The lowest BCUT2D eigenvalue weighted by Gasteiger charge is -2.24. The van der Waals surface area contributed by atoms with Gasteiger partial charge in [0, 0.05) is 57.7 Å². The fourth-order valence-electron chi connectivity index (χ4n) is 3.62. The zero-order valence-corrected chi connectivity index (χ0v) is 13.5. The van der Waals surface area contributed by atoms with Crippen LogP contribution in [-0.2, 0) is 6.54 Å². The number of hydrogen-bond donors (Lipinski definition) is 2. The topological polar surface area (TPSA) is 57.5 Å². The minimum absolute atomic E-state index is 0.528. The first-order chi connectivity index (χ1) is 10.8. The number of nitrogens with one attached hydrogen (secondary N) is 2. The van der Waals surface area contributed by atoms with E-state index in [-0.39, 0.29) is 0 Å². The van der Waals surface area contributed by atoms with E-state index in [2.05, 4.69) is 30.1 Å². The molecule has 6 nitrogen and oxygen atoms in total. The summed E-state index contributed by atoms with van der Waals surface area (Å²) >= 11 is 0. The van der Waals surface area contributed by atoms with Crippen LogP contribution in [0, 0.1) is 0 Å². The Morgan fingerprint density at radius 3 is 2.91 bits per heavy atom. The van der Waals surface area contributed by atoms with Gasteiger partial charge in [-0.2, -0.15) is 0 Å². The van der Waals surface area contributed by atoms with Gasteiger partial charge in [0.1, 0.15) is 0 Å². The maximum atomic E-state index is 4.34. The Kier molecular flexibility index (Phi) is 5.32. The van der Waals surface area contributed by atoms with Gasteiger partial charge in [0.05, 0.1) is 6.33 Å². The average molecular weight is 304 g/mol. The standard InChI is InChI=1S/C16H28N6/c1-17-16(19-8-11-21-10-7-18-13-21)20-14-6-9-22(12-14)15-4-2-3-5-15/h7,10,13-15H,2-6,8-9,11-12H2,1H3,(H2,17,19,20). The number of hydrogen-bond acceptors (Lipinski definition) is 3. The highest BCUT2D eigenvalue weighted by Crippen LogP contribution is 2.26. The lowest BCUT2D eigenvalue weighted by Crippen LogP contribution is -2.45. The first-order valence-corrected chi connectivity index (χ1v) is 8.52. The Balaban J connectivity index is 1.39. The molecule has 22 heavy (non-hydrogen) atoms. The number of imidazole rings is 1. The van der Waals surface area contributed by atoms with Crippen molar-refractivity contribution in [1.82, 2.24) is 25.1 Å². The second-order valence-corrected chi connectivity index (χ2v) is 6.36. The van der Waals surface area contributed by atoms with E-state index in [0.29, 0.717) is 6.04 Å². The van der Waals surface area contributed by atoms with Crippen molar-refractivity contribution in [1.29, 1.82) is 0 Å². The first kappa shape index (κ1) is 15.3. The molecule has 1 aromatic rings. The molecule has 1 aliphatic carbocycles. The molecule has 1 saturated heterocycles. The summed E-state index contributed by atoms with van der Waals surface area (Å²) in [6.45, 7) is 4.15. The number of likely N-dealkylation sites (tertiary alicyclic amines) is 1.